The monoisotopic (exact) mass is 558 g/mol. The molecule has 1 amide bonds. The fourth-order valence-electron chi connectivity index (χ4n) is 6.57. The summed E-state index contributed by atoms with van der Waals surface area (Å²) in [5, 5.41) is 23.0. The van der Waals surface area contributed by atoms with E-state index in [1.165, 1.54) is 4.90 Å². The predicted octanol–water partition coefficient (Wildman–Crippen LogP) is -0.247. The molecular weight excluding hydrogens is 520 g/mol. The molecule has 218 valence electrons. The number of hydrogen-bond acceptors (Lipinski definition) is 11. The summed E-state index contributed by atoms with van der Waals surface area (Å²) in [7, 11) is 6.69. The number of rotatable bonds is 6. The molecule has 0 heterocycles. The van der Waals surface area contributed by atoms with E-state index in [2.05, 4.69) is 5.48 Å². The molecule has 6 atom stereocenters. The summed E-state index contributed by atoms with van der Waals surface area (Å²) in [4.78, 5) is 75.6. The number of ketones is 4. The van der Waals surface area contributed by atoms with E-state index in [-0.39, 0.29) is 30.7 Å². The second-order valence-electron chi connectivity index (χ2n) is 12.5. The third kappa shape index (κ3) is 4.52. The van der Waals surface area contributed by atoms with Crippen LogP contribution < -0.4 is 16.1 Å². The maximum atomic E-state index is 14.0. The Bertz CT molecular complexity index is 1300. The molecule has 2 fully saturated rings. The number of aliphatic hydroxyl groups is 1. The van der Waals surface area contributed by atoms with Crippen molar-refractivity contribution in [2.45, 2.75) is 57.4 Å². The van der Waals surface area contributed by atoms with E-state index < -0.39 is 70.0 Å². The number of nitrogens with zero attached hydrogens (tertiary/aromatic N) is 2. The highest BCUT2D eigenvalue weighted by Gasteiger charge is 2.69. The molecule has 0 spiro atoms. The van der Waals surface area contributed by atoms with Gasteiger partial charge in [0.2, 0.25) is 5.91 Å². The molecule has 40 heavy (non-hydrogen) atoms. The second-order valence-corrected chi connectivity index (χ2v) is 12.5. The lowest BCUT2D eigenvalue weighted by Gasteiger charge is -2.52. The number of fused-ring (bicyclic) bond motifs is 3. The van der Waals surface area contributed by atoms with Gasteiger partial charge in [0.15, 0.2) is 34.7 Å². The number of phenolic OH excluding ortho intramolecular Hbond substituents is 1. The van der Waals surface area contributed by atoms with Crippen molar-refractivity contribution in [1.29, 1.82) is 0 Å². The number of anilines is 1. The second kappa shape index (κ2) is 10.0. The Morgan fingerprint density at radius 1 is 1.15 bits per heavy atom. The van der Waals surface area contributed by atoms with Crippen molar-refractivity contribution in [3.05, 3.63) is 22.8 Å². The number of aromatic hydroxyl groups is 1. The summed E-state index contributed by atoms with van der Waals surface area (Å²) >= 11 is 0. The first-order valence-electron chi connectivity index (χ1n) is 13.2. The maximum Gasteiger partial charge on any atom is 0.235 e. The number of amides is 1. The van der Waals surface area contributed by atoms with Crippen molar-refractivity contribution in [2.75, 3.05) is 33.1 Å². The third-order valence-electron chi connectivity index (χ3n) is 8.24. The zero-order chi connectivity index (χ0) is 30.1. The van der Waals surface area contributed by atoms with Crippen molar-refractivity contribution in [1.82, 2.24) is 10.4 Å². The topological polar surface area (TPSA) is 180 Å². The summed E-state index contributed by atoms with van der Waals surface area (Å²) in [5.74, 6) is -10.7. The molecule has 12 nitrogen and oxygen atoms in total. The van der Waals surface area contributed by atoms with Crippen molar-refractivity contribution < 1.29 is 39.0 Å². The van der Waals surface area contributed by atoms with Crippen LogP contribution in [0.3, 0.4) is 0 Å². The van der Waals surface area contributed by atoms with Crippen LogP contribution in [-0.2, 0) is 37.0 Å². The zero-order valence-corrected chi connectivity index (χ0v) is 23.9. The zero-order valence-electron chi connectivity index (χ0n) is 23.9. The van der Waals surface area contributed by atoms with Crippen molar-refractivity contribution >= 4 is 34.7 Å². The molecule has 6 unspecified atom stereocenters. The van der Waals surface area contributed by atoms with Gasteiger partial charge in [0.25, 0.3) is 0 Å². The molecule has 3 aliphatic rings. The number of carbonyl (C=O) groups is 5. The number of benzene rings is 1. The quantitative estimate of drug-likeness (QED) is 0.267. The van der Waals surface area contributed by atoms with E-state index in [1.54, 1.807) is 39.2 Å². The Hall–Kier alpha value is -3.19. The smallest absolute Gasteiger partial charge is 0.235 e. The predicted molar refractivity (Wildman–Crippen MR) is 143 cm³/mol. The van der Waals surface area contributed by atoms with Gasteiger partial charge in [-0.15, -0.1) is 0 Å². The molecule has 1 aromatic carbocycles. The van der Waals surface area contributed by atoms with Crippen LogP contribution in [0.4, 0.5) is 5.69 Å². The van der Waals surface area contributed by atoms with Gasteiger partial charge in [-0.2, -0.15) is 5.48 Å². The fourth-order valence-corrected chi connectivity index (χ4v) is 6.57. The standard InChI is InChI=1S/C28H38N4O8/c1-27(2,3)40-30-11-13-10-16(31(4)5)14-8-12-9-15-20(32(6)7)23(35)19(26(29)38)25(37)28(15,39)24(36)17(12)22(34)18(14)21(13)33/h10,12,15,17,19-20,30,33,39H,8-9,11H2,1-7H3,(H2,29,38). The van der Waals surface area contributed by atoms with Gasteiger partial charge >= 0.3 is 0 Å². The number of Topliss-reactive ketones (excluding diaryl/α,β-unsaturated/α-hetero) is 4. The number of primary amides is 1. The summed E-state index contributed by atoms with van der Waals surface area (Å²) in [6, 6.07) is 0.606. The van der Waals surface area contributed by atoms with Gasteiger partial charge in [-0.3, -0.25) is 33.7 Å². The van der Waals surface area contributed by atoms with Crippen molar-refractivity contribution in [2.24, 2.45) is 29.4 Å². The Kier molecular flexibility index (Phi) is 7.46. The van der Waals surface area contributed by atoms with Crippen LogP contribution in [0.5, 0.6) is 5.75 Å². The van der Waals surface area contributed by atoms with Crippen molar-refractivity contribution in [3.63, 3.8) is 0 Å². The van der Waals surface area contributed by atoms with Crippen LogP contribution >= 0.6 is 0 Å². The summed E-state index contributed by atoms with van der Waals surface area (Å²) in [6.45, 7) is 5.60. The van der Waals surface area contributed by atoms with Crippen LogP contribution in [0.25, 0.3) is 0 Å². The van der Waals surface area contributed by atoms with Crippen LogP contribution in [-0.4, -0.2) is 89.6 Å². The minimum atomic E-state index is -2.75. The van der Waals surface area contributed by atoms with Gasteiger partial charge in [0, 0.05) is 37.8 Å². The number of hydrogen-bond donors (Lipinski definition) is 4. The molecule has 0 aliphatic heterocycles. The first-order chi connectivity index (χ1) is 18.4. The Morgan fingerprint density at radius 3 is 2.30 bits per heavy atom. The molecule has 5 N–H and O–H groups in total. The first kappa shape index (κ1) is 29.8. The minimum absolute atomic E-state index is 0.000253. The lowest BCUT2D eigenvalue weighted by Crippen LogP contribution is -2.74. The molecule has 0 aromatic heterocycles. The normalized spacial score (nSPS) is 30.2. The molecule has 12 heteroatoms. The molecule has 0 bridgehead atoms. The molecule has 1 aromatic rings. The van der Waals surface area contributed by atoms with Gasteiger partial charge in [-0.05, 0) is 65.3 Å². The van der Waals surface area contributed by atoms with Gasteiger partial charge < -0.3 is 20.8 Å². The van der Waals surface area contributed by atoms with E-state index >= 15 is 0 Å². The van der Waals surface area contributed by atoms with Gasteiger partial charge in [0.1, 0.15) is 5.75 Å². The lowest BCUT2D eigenvalue weighted by atomic mass is 9.52. The van der Waals surface area contributed by atoms with E-state index in [9.17, 15) is 34.2 Å². The minimum Gasteiger partial charge on any atom is -0.507 e. The Morgan fingerprint density at radius 2 is 1.77 bits per heavy atom. The van der Waals surface area contributed by atoms with Crippen molar-refractivity contribution in [3.8, 4) is 5.75 Å². The highest BCUT2D eigenvalue weighted by Crippen LogP contribution is 2.52. The highest BCUT2D eigenvalue weighted by molar-refractivity contribution is 6.32. The SMILES string of the molecule is CN(C)c1cc(CNOC(C)(C)C)c(O)c2c1CC1CC3C(N(C)C)C(=O)C(C(N)=O)C(=O)C3(O)C(=O)C1C2=O. The van der Waals surface area contributed by atoms with Crippen LogP contribution in [0.15, 0.2) is 6.07 Å². The van der Waals surface area contributed by atoms with E-state index in [0.717, 1.165) is 0 Å². The number of hydroxylamine groups is 1. The van der Waals surface area contributed by atoms with E-state index in [0.29, 0.717) is 16.8 Å². The van der Waals surface area contributed by atoms with Gasteiger partial charge in [0.05, 0.1) is 23.1 Å². The Balaban J connectivity index is 1.83. The van der Waals surface area contributed by atoms with Crippen LogP contribution in [0.1, 0.15) is 48.7 Å². The van der Waals surface area contributed by atoms with Crippen LogP contribution in [0.2, 0.25) is 0 Å². The summed E-state index contributed by atoms with van der Waals surface area (Å²) in [5.41, 5.74) is 6.40. The highest BCUT2D eigenvalue weighted by atomic mass is 16.7. The lowest BCUT2D eigenvalue weighted by molar-refractivity contribution is -0.181. The molecule has 0 saturated heterocycles. The van der Waals surface area contributed by atoms with E-state index in [1.807, 2.05) is 20.8 Å². The number of nitrogens with two attached hydrogens (primary N) is 1. The average molecular weight is 559 g/mol. The summed E-state index contributed by atoms with van der Waals surface area (Å²) < 4.78 is 0. The maximum absolute atomic E-state index is 14.0. The molecular formula is C28H38N4O8. The average Bonchev–Trinajstić information content (AvgIpc) is 2.81. The van der Waals surface area contributed by atoms with Gasteiger partial charge in [-0.1, -0.05) is 0 Å². The number of nitrogens with one attached hydrogen (secondary N) is 1. The van der Waals surface area contributed by atoms with Gasteiger partial charge in [-0.25, -0.2) is 0 Å². The summed E-state index contributed by atoms with van der Waals surface area (Å²) in [6.07, 6.45) is 0.194. The number of carbonyl (C=O) groups excluding carboxylic acids is 5. The van der Waals surface area contributed by atoms with E-state index in [4.69, 9.17) is 10.6 Å². The number of likely N-dealkylation sites (N-methyl/N-ethyl adjacent to an activating group) is 1. The fraction of sp³-hybridized carbons (Fsp3) is 0.607. The molecule has 2 saturated carbocycles. The molecule has 4 rings (SSSR count). The van der Waals surface area contributed by atoms with Crippen LogP contribution in [0, 0.1) is 23.7 Å². The molecule has 3 aliphatic carbocycles. The largest absolute Gasteiger partial charge is 0.507 e. The third-order valence-corrected chi connectivity index (χ3v) is 8.24. The first-order valence-corrected chi connectivity index (χ1v) is 13.2. The molecule has 0 radical (unpaired) electrons. The Labute approximate surface area is 232 Å². The number of phenols is 1.